The molecule has 112 valence electrons. The summed E-state index contributed by atoms with van der Waals surface area (Å²) in [4.78, 5) is 7.08. The van der Waals surface area contributed by atoms with Crippen LogP contribution < -0.4 is 10.2 Å². The van der Waals surface area contributed by atoms with Crippen LogP contribution in [0.5, 0.6) is 0 Å². The Morgan fingerprint density at radius 2 is 2.10 bits per heavy atom. The fourth-order valence-electron chi connectivity index (χ4n) is 3.00. The average Bonchev–Trinajstić information content (AvgIpc) is 2.90. The molecule has 1 saturated carbocycles. The van der Waals surface area contributed by atoms with Gasteiger partial charge in [-0.1, -0.05) is 38.3 Å². The van der Waals surface area contributed by atoms with Gasteiger partial charge in [-0.15, -0.1) is 0 Å². The third-order valence-corrected chi connectivity index (χ3v) is 4.14. The summed E-state index contributed by atoms with van der Waals surface area (Å²) in [5, 5.41) is 3.92. The van der Waals surface area contributed by atoms with Crippen molar-refractivity contribution in [1.29, 1.82) is 0 Å². The second-order valence-electron chi connectivity index (χ2n) is 6.16. The minimum Gasteiger partial charge on any atom is -0.352 e. The zero-order valence-electron chi connectivity index (χ0n) is 12.8. The summed E-state index contributed by atoms with van der Waals surface area (Å²) >= 11 is 6.49. The van der Waals surface area contributed by atoms with Crippen molar-refractivity contribution in [2.45, 2.75) is 52.1 Å². The Balaban J connectivity index is 2.23. The second kappa shape index (κ2) is 7.28. The highest BCUT2D eigenvalue weighted by atomic mass is 35.5. The number of anilines is 1. The molecule has 3 nitrogen and oxygen atoms in total. The molecule has 4 heteroatoms. The van der Waals surface area contributed by atoms with Crippen molar-refractivity contribution in [1.82, 2.24) is 10.3 Å². The molecule has 0 amide bonds. The molecule has 0 aliphatic heterocycles. The molecule has 0 atom stereocenters. The molecule has 0 saturated heterocycles. The van der Waals surface area contributed by atoms with Crippen molar-refractivity contribution in [3.63, 3.8) is 0 Å². The zero-order valence-corrected chi connectivity index (χ0v) is 13.6. The van der Waals surface area contributed by atoms with Gasteiger partial charge < -0.3 is 10.2 Å². The number of aromatic nitrogens is 1. The number of hydrogen-bond donors (Lipinski definition) is 1. The van der Waals surface area contributed by atoms with Gasteiger partial charge in [0.05, 0.1) is 5.02 Å². The number of rotatable bonds is 6. The van der Waals surface area contributed by atoms with Crippen molar-refractivity contribution in [2.75, 3.05) is 18.5 Å². The van der Waals surface area contributed by atoms with Gasteiger partial charge in [-0.05, 0) is 37.4 Å². The van der Waals surface area contributed by atoms with Gasteiger partial charge in [0.15, 0.2) is 0 Å². The smallest absolute Gasteiger partial charge is 0.147 e. The van der Waals surface area contributed by atoms with Crippen molar-refractivity contribution >= 4 is 17.4 Å². The molecular weight excluding hydrogens is 270 g/mol. The summed E-state index contributed by atoms with van der Waals surface area (Å²) in [6.07, 6.45) is 7.13. The van der Waals surface area contributed by atoms with Crippen LogP contribution in [0, 0.1) is 5.92 Å². The van der Waals surface area contributed by atoms with E-state index in [0.29, 0.717) is 12.0 Å². The van der Waals surface area contributed by atoms with Crippen LogP contribution in [0.3, 0.4) is 0 Å². The third kappa shape index (κ3) is 3.86. The molecule has 1 aliphatic carbocycles. The number of hydrogen-bond acceptors (Lipinski definition) is 3. The highest BCUT2D eigenvalue weighted by Crippen LogP contribution is 2.32. The normalized spacial score (nSPS) is 16.1. The molecule has 1 fully saturated rings. The quantitative estimate of drug-likeness (QED) is 0.864. The van der Waals surface area contributed by atoms with E-state index in [9.17, 15) is 0 Å². The molecule has 1 aromatic heterocycles. The van der Waals surface area contributed by atoms with Crippen LogP contribution in [-0.2, 0) is 6.54 Å². The largest absolute Gasteiger partial charge is 0.352 e. The first-order valence-corrected chi connectivity index (χ1v) is 8.05. The lowest BCUT2D eigenvalue weighted by Gasteiger charge is -2.32. The van der Waals surface area contributed by atoms with E-state index < -0.39 is 0 Å². The lowest BCUT2D eigenvalue weighted by atomic mass is 10.1. The van der Waals surface area contributed by atoms with Gasteiger partial charge in [-0.2, -0.15) is 0 Å². The summed E-state index contributed by atoms with van der Waals surface area (Å²) in [7, 11) is 1.94. The number of nitrogens with zero attached hydrogens (tertiary/aromatic N) is 2. The molecular formula is C16H26ClN3. The fourth-order valence-corrected chi connectivity index (χ4v) is 3.30. The van der Waals surface area contributed by atoms with Gasteiger partial charge >= 0.3 is 0 Å². The maximum Gasteiger partial charge on any atom is 0.147 e. The SMILES string of the molecule is CNCc1cnc(N(CC(C)C)C2CCCC2)c(Cl)c1. The van der Waals surface area contributed by atoms with E-state index in [1.54, 1.807) is 0 Å². The molecule has 0 bridgehead atoms. The molecule has 0 unspecified atom stereocenters. The van der Waals surface area contributed by atoms with Gasteiger partial charge in [0, 0.05) is 25.3 Å². The number of nitrogens with one attached hydrogen (secondary N) is 1. The molecule has 1 N–H and O–H groups in total. The predicted octanol–water partition coefficient (Wildman–Crippen LogP) is 3.86. The Bertz CT molecular complexity index is 428. The molecule has 2 rings (SSSR count). The van der Waals surface area contributed by atoms with Gasteiger partial charge in [-0.3, -0.25) is 0 Å². The summed E-state index contributed by atoms with van der Waals surface area (Å²) in [6, 6.07) is 2.65. The standard InChI is InChI=1S/C16H26ClN3/c1-12(2)11-20(14-6-4-5-7-14)16-15(17)8-13(9-18-3)10-19-16/h8,10,12,14,18H,4-7,9,11H2,1-3H3. The maximum absolute atomic E-state index is 6.49. The Morgan fingerprint density at radius 3 is 2.65 bits per heavy atom. The van der Waals surface area contributed by atoms with Crippen LogP contribution in [0.4, 0.5) is 5.82 Å². The minimum atomic E-state index is 0.609. The summed E-state index contributed by atoms with van der Waals surface area (Å²) in [6.45, 7) is 6.35. The predicted molar refractivity (Wildman–Crippen MR) is 86.5 cm³/mol. The summed E-state index contributed by atoms with van der Waals surface area (Å²) in [5.74, 6) is 1.58. The Hall–Kier alpha value is -0.800. The van der Waals surface area contributed by atoms with Crippen LogP contribution in [0.2, 0.25) is 5.02 Å². The molecule has 1 heterocycles. The fraction of sp³-hybridized carbons (Fsp3) is 0.688. The van der Waals surface area contributed by atoms with E-state index in [1.165, 1.54) is 25.7 Å². The molecule has 0 spiro atoms. The zero-order chi connectivity index (χ0) is 14.5. The second-order valence-corrected chi connectivity index (χ2v) is 6.57. The molecule has 20 heavy (non-hydrogen) atoms. The van der Waals surface area contributed by atoms with Gasteiger partial charge in [0.2, 0.25) is 0 Å². The Kier molecular flexibility index (Phi) is 5.67. The maximum atomic E-state index is 6.49. The highest BCUT2D eigenvalue weighted by molar-refractivity contribution is 6.33. The topological polar surface area (TPSA) is 28.2 Å². The monoisotopic (exact) mass is 295 g/mol. The summed E-state index contributed by atoms with van der Waals surface area (Å²) in [5.41, 5.74) is 1.14. The molecule has 1 aromatic rings. The first-order valence-electron chi connectivity index (χ1n) is 7.67. The van der Waals surface area contributed by atoms with Crippen molar-refractivity contribution in [3.8, 4) is 0 Å². The van der Waals surface area contributed by atoms with E-state index in [2.05, 4.69) is 29.0 Å². The van der Waals surface area contributed by atoms with Gasteiger partial charge in [-0.25, -0.2) is 4.98 Å². The van der Waals surface area contributed by atoms with Crippen LogP contribution in [0.15, 0.2) is 12.3 Å². The number of halogens is 1. The van der Waals surface area contributed by atoms with E-state index in [-0.39, 0.29) is 0 Å². The van der Waals surface area contributed by atoms with E-state index in [1.807, 2.05) is 19.3 Å². The Morgan fingerprint density at radius 1 is 1.40 bits per heavy atom. The van der Waals surface area contributed by atoms with E-state index >= 15 is 0 Å². The van der Waals surface area contributed by atoms with Crippen molar-refractivity contribution < 1.29 is 0 Å². The lowest BCUT2D eigenvalue weighted by Crippen LogP contribution is -2.37. The van der Waals surface area contributed by atoms with Crippen molar-refractivity contribution in [2.24, 2.45) is 5.92 Å². The molecule has 1 aliphatic rings. The van der Waals surface area contributed by atoms with Crippen LogP contribution in [-0.4, -0.2) is 24.6 Å². The van der Waals surface area contributed by atoms with Crippen LogP contribution in [0.25, 0.3) is 0 Å². The lowest BCUT2D eigenvalue weighted by molar-refractivity contribution is 0.531. The molecule has 0 aromatic carbocycles. The summed E-state index contributed by atoms with van der Waals surface area (Å²) < 4.78 is 0. The van der Waals surface area contributed by atoms with Crippen LogP contribution >= 0.6 is 11.6 Å². The first-order chi connectivity index (χ1) is 9.61. The minimum absolute atomic E-state index is 0.609. The third-order valence-electron chi connectivity index (χ3n) is 3.86. The van der Waals surface area contributed by atoms with E-state index in [0.717, 1.165) is 29.5 Å². The van der Waals surface area contributed by atoms with Gasteiger partial charge in [0.1, 0.15) is 5.82 Å². The number of pyridine rings is 1. The van der Waals surface area contributed by atoms with Gasteiger partial charge in [0.25, 0.3) is 0 Å². The van der Waals surface area contributed by atoms with Crippen LogP contribution in [0.1, 0.15) is 45.1 Å². The first kappa shape index (κ1) is 15.6. The Labute approximate surface area is 127 Å². The van der Waals surface area contributed by atoms with Crippen molar-refractivity contribution in [3.05, 3.63) is 22.8 Å². The van der Waals surface area contributed by atoms with E-state index in [4.69, 9.17) is 11.6 Å². The highest BCUT2D eigenvalue weighted by Gasteiger charge is 2.25. The molecule has 0 radical (unpaired) electrons. The average molecular weight is 296 g/mol.